The minimum Gasteiger partial charge on any atom is -0.444 e. The smallest absolute Gasteiger partial charge is 0.410 e. The first-order valence-electron chi connectivity index (χ1n) is 21.4. The van der Waals surface area contributed by atoms with E-state index in [4.69, 9.17) is 46.9 Å². The Bertz CT molecular complexity index is 2590. The van der Waals surface area contributed by atoms with Crippen LogP contribution in [0.15, 0.2) is 61.2 Å². The zero-order valence-electron chi connectivity index (χ0n) is 37.2. The second kappa shape index (κ2) is 19.1. The summed E-state index contributed by atoms with van der Waals surface area (Å²) in [5.41, 5.74) is 3.36. The number of nitrogens with one attached hydrogen (secondary N) is 1. The van der Waals surface area contributed by atoms with Gasteiger partial charge in [0.1, 0.15) is 28.2 Å². The van der Waals surface area contributed by atoms with Gasteiger partial charge in [-0.2, -0.15) is 19.9 Å². The van der Waals surface area contributed by atoms with E-state index in [-0.39, 0.29) is 28.8 Å². The number of piperazine rings is 2. The van der Waals surface area contributed by atoms with Crippen molar-refractivity contribution in [3.05, 3.63) is 71.8 Å². The second-order valence-electron chi connectivity index (χ2n) is 17.6. The van der Waals surface area contributed by atoms with E-state index in [0.29, 0.717) is 85.0 Å². The van der Waals surface area contributed by atoms with Crippen molar-refractivity contribution in [2.24, 2.45) is 0 Å². The van der Waals surface area contributed by atoms with Gasteiger partial charge in [-0.1, -0.05) is 0 Å². The molecule has 0 bridgehead atoms. The number of aromatic nitrogens is 8. The van der Waals surface area contributed by atoms with Crippen molar-refractivity contribution in [2.75, 3.05) is 75.4 Å². The predicted octanol–water partition coefficient (Wildman–Crippen LogP) is 8.15. The Balaban J connectivity index is 0.000000179. The van der Waals surface area contributed by atoms with Crippen molar-refractivity contribution in [1.82, 2.24) is 49.3 Å². The number of amides is 2. The van der Waals surface area contributed by atoms with Gasteiger partial charge in [-0.15, -0.1) is 0 Å². The average Bonchev–Trinajstić information content (AvgIpc) is 4.06. The van der Waals surface area contributed by atoms with Crippen molar-refractivity contribution >= 4 is 69.1 Å². The van der Waals surface area contributed by atoms with Crippen LogP contribution >= 0.6 is 23.2 Å². The molecule has 2 amide bonds. The number of benzene rings is 2. The van der Waals surface area contributed by atoms with Gasteiger partial charge in [0.2, 0.25) is 22.3 Å². The second-order valence-corrected chi connectivity index (χ2v) is 18.3. The lowest BCUT2D eigenvalue weighted by Crippen LogP contribution is -2.50. The van der Waals surface area contributed by atoms with Crippen molar-refractivity contribution in [3.63, 3.8) is 0 Å². The van der Waals surface area contributed by atoms with E-state index >= 15 is 0 Å². The van der Waals surface area contributed by atoms with Crippen LogP contribution in [0.4, 0.5) is 21.0 Å². The van der Waals surface area contributed by atoms with Crippen LogP contribution in [-0.4, -0.2) is 138 Å². The van der Waals surface area contributed by atoms with Gasteiger partial charge in [-0.3, -0.25) is 0 Å². The summed E-state index contributed by atoms with van der Waals surface area (Å²) in [6.07, 6.45) is 3.62. The quantitative estimate of drug-likeness (QED) is 0.151. The Morgan fingerprint density at radius 1 is 0.662 bits per heavy atom. The molecule has 0 spiro atoms. The molecule has 2 aromatic carbocycles. The number of imidazole rings is 2. The van der Waals surface area contributed by atoms with Gasteiger partial charge in [0, 0.05) is 70.3 Å². The molecule has 3 fully saturated rings. The zero-order chi connectivity index (χ0) is 45.9. The van der Waals surface area contributed by atoms with Crippen LogP contribution in [-0.2, 0) is 14.2 Å². The molecule has 3 aliphatic rings. The monoisotopic (exact) mass is 930 g/mol. The van der Waals surface area contributed by atoms with E-state index in [9.17, 15) is 9.59 Å². The van der Waals surface area contributed by atoms with Crippen LogP contribution < -0.4 is 19.3 Å². The topological polar surface area (TPSA) is 191 Å². The molecule has 0 aliphatic carbocycles. The normalized spacial score (nSPS) is 17.0. The summed E-state index contributed by atoms with van der Waals surface area (Å²) >= 11 is 12.1. The summed E-state index contributed by atoms with van der Waals surface area (Å²) in [6, 6.07) is 15.7. The minimum absolute atomic E-state index is 0.0732. The summed E-state index contributed by atoms with van der Waals surface area (Å²) in [6.45, 7) is 17.9. The third kappa shape index (κ3) is 11.4. The number of halogens is 2. The number of hydrogen-bond acceptors (Lipinski definition) is 15. The molecular weight excluding hydrogens is 879 g/mol. The van der Waals surface area contributed by atoms with Gasteiger partial charge >= 0.3 is 12.2 Å². The van der Waals surface area contributed by atoms with E-state index in [1.165, 1.54) is 6.33 Å². The van der Waals surface area contributed by atoms with Crippen LogP contribution in [0, 0.1) is 0 Å². The minimum atomic E-state index is -0.494. The molecule has 1 N–H and O–H groups in total. The molecule has 1 atom stereocenters. The molecule has 1 unspecified atom stereocenters. The molecule has 9 rings (SSSR count). The summed E-state index contributed by atoms with van der Waals surface area (Å²) in [7, 11) is 0. The maximum absolute atomic E-state index is 12.3. The summed E-state index contributed by atoms with van der Waals surface area (Å²) < 4.78 is 30.5. The summed E-state index contributed by atoms with van der Waals surface area (Å²) in [5.74, 6) is 1.94. The van der Waals surface area contributed by atoms with Crippen LogP contribution in [0.3, 0.4) is 0 Å². The lowest BCUT2D eigenvalue weighted by molar-refractivity contribution is 0.0230. The number of carbonyl (C=O) groups is 2. The van der Waals surface area contributed by atoms with Gasteiger partial charge in [0.15, 0.2) is 16.8 Å². The lowest BCUT2D eigenvalue weighted by atomic mass is 10.2. The third-order valence-electron chi connectivity index (χ3n) is 10.6. The highest BCUT2D eigenvalue weighted by atomic mass is 35.5. The highest BCUT2D eigenvalue weighted by Gasteiger charge is 2.28. The average molecular weight is 932 g/mol. The number of H-pyrrole nitrogens is 1. The number of fused-ring (bicyclic) bond motifs is 2. The largest absolute Gasteiger partial charge is 0.444 e. The fourth-order valence-corrected chi connectivity index (χ4v) is 7.77. The molecule has 21 heteroatoms. The summed E-state index contributed by atoms with van der Waals surface area (Å²) in [4.78, 5) is 60.7. The van der Waals surface area contributed by atoms with Crippen molar-refractivity contribution in [3.8, 4) is 23.3 Å². The SMILES string of the molecule is CC(C)(C)OC(=O)N1CCN(c2ccc(Oc3nc(Cl)nc4nc[nH]c34)cc2)CC1.CC(C)(C)OC(=O)N1CCN(c2ccc(Oc3nc(Cl)nc4ncn(C5CCOC5)c34)cc2)CC1. The molecule has 7 heterocycles. The molecule has 65 heavy (non-hydrogen) atoms. The van der Waals surface area contributed by atoms with Gasteiger partial charge < -0.3 is 52.8 Å². The molecule has 344 valence electrons. The molecule has 3 aliphatic heterocycles. The van der Waals surface area contributed by atoms with Gasteiger partial charge in [-0.25, -0.2) is 19.6 Å². The zero-order valence-corrected chi connectivity index (χ0v) is 38.7. The standard InChI is InChI=1S/C24H29ClN6O4.C20H23ClN6O3/c1-24(2,3)35-23(32)30-11-9-29(10-12-30)16-4-6-18(7-5-16)34-21-19-20(27-22(25)28-21)26-15-31(19)17-8-13-33-14-17;1-20(2,3)30-19(28)27-10-8-26(9-11-27)13-4-6-14(7-5-13)29-17-15-16(23-12-22-15)24-18(21)25-17/h4-7,15,17H,8-14H2,1-3H3;4-7,12H,8-11H2,1-3H3,(H,22,23,24,25). The first-order valence-corrected chi connectivity index (χ1v) is 22.2. The number of nitrogens with zero attached hydrogens (tertiary/aromatic N) is 11. The first-order chi connectivity index (χ1) is 31.0. The van der Waals surface area contributed by atoms with E-state index in [2.05, 4.69) is 44.7 Å². The molecule has 6 aromatic rings. The molecule has 3 saturated heterocycles. The summed E-state index contributed by atoms with van der Waals surface area (Å²) in [5, 5.41) is 0.156. The van der Waals surface area contributed by atoms with E-state index in [0.717, 1.165) is 44.0 Å². The number of ether oxygens (including phenoxy) is 5. The Kier molecular flexibility index (Phi) is 13.3. The van der Waals surface area contributed by atoms with E-state index in [1.54, 1.807) is 16.1 Å². The fraction of sp³-hybridized carbons (Fsp3) is 0.455. The molecule has 0 saturated carbocycles. The number of carbonyl (C=O) groups excluding carboxylic acids is 2. The molecule has 4 aromatic heterocycles. The molecular formula is C44H52Cl2N12O7. The number of rotatable bonds is 7. The third-order valence-corrected chi connectivity index (χ3v) is 10.9. The lowest BCUT2D eigenvalue weighted by Gasteiger charge is -2.36. The first kappa shape index (κ1) is 45.4. The number of hydrogen-bond donors (Lipinski definition) is 1. The van der Waals surface area contributed by atoms with E-state index in [1.807, 2.05) is 94.6 Å². The van der Waals surface area contributed by atoms with Crippen LogP contribution in [0.1, 0.15) is 54.0 Å². The van der Waals surface area contributed by atoms with Crippen molar-refractivity contribution in [2.45, 2.75) is 65.2 Å². The van der Waals surface area contributed by atoms with Crippen LogP contribution in [0.25, 0.3) is 22.3 Å². The van der Waals surface area contributed by atoms with Crippen LogP contribution in [0.2, 0.25) is 10.6 Å². The van der Waals surface area contributed by atoms with Crippen molar-refractivity contribution in [1.29, 1.82) is 0 Å². The highest BCUT2D eigenvalue weighted by molar-refractivity contribution is 6.29. The molecule has 0 radical (unpaired) electrons. The van der Waals surface area contributed by atoms with E-state index < -0.39 is 11.2 Å². The fourth-order valence-electron chi connectivity index (χ4n) is 7.45. The Morgan fingerprint density at radius 2 is 1.15 bits per heavy atom. The number of aromatic amines is 1. The molecule has 19 nitrogen and oxygen atoms in total. The van der Waals surface area contributed by atoms with Crippen LogP contribution in [0.5, 0.6) is 23.3 Å². The Morgan fingerprint density at radius 3 is 1.65 bits per heavy atom. The maximum atomic E-state index is 12.3. The van der Waals surface area contributed by atoms with Gasteiger partial charge in [0.05, 0.1) is 25.3 Å². The number of anilines is 2. The van der Waals surface area contributed by atoms with Gasteiger partial charge in [0.25, 0.3) is 0 Å². The maximum Gasteiger partial charge on any atom is 0.410 e. The Labute approximate surface area is 385 Å². The van der Waals surface area contributed by atoms with Crippen molar-refractivity contribution < 1.29 is 33.3 Å². The van der Waals surface area contributed by atoms with Gasteiger partial charge in [-0.05, 0) is 120 Å². The predicted molar refractivity (Wildman–Crippen MR) is 245 cm³/mol. The highest BCUT2D eigenvalue weighted by Crippen LogP contribution is 2.34. The Hall–Kier alpha value is -6.18.